The molecule has 160 valence electrons. The summed E-state index contributed by atoms with van der Waals surface area (Å²) in [4.78, 5) is 7.05. The van der Waals surface area contributed by atoms with Gasteiger partial charge in [0.05, 0.1) is 26.7 Å². The maximum atomic E-state index is 5.99. The van der Waals surface area contributed by atoms with Crippen LogP contribution in [0.5, 0.6) is 28.7 Å². The number of methoxy groups -OCH3 is 2. The molecule has 0 radical (unpaired) electrons. The van der Waals surface area contributed by atoms with E-state index in [1.165, 1.54) is 5.56 Å². The lowest BCUT2D eigenvalue weighted by atomic mass is 10.1. The fourth-order valence-corrected chi connectivity index (χ4v) is 3.80. The summed E-state index contributed by atoms with van der Waals surface area (Å²) in [5, 5.41) is 0. The summed E-state index contributed by atoms with van der Waals surface area (Å²) in [6.07, 6.45) is 1.78. The first-order valence-electron chi connectivity index (χ1n) is 10.1. The Hall–Kier alpha value is -3.09. The molecule has 7 nitrogen and oxygen atoms in total. The molecule has 2 aliphatic heterocycles. The lowest BCUT2D eigenvalue weighted by Gasteiger charge is -2.13. The van der Waals surface area contributed by atoms with Crippen LogP contribution in [-0.4, -0.2) is 58.5 Å². The third kappa shape index (κ3) is 4.56. The zero-order valence-electron chi connectivity index (χ0n) is 17.7. The van der Waals surface area contributed by atoms with E-state index in [2.05, 4.69) is 18.0 Å². The van der Waals surface area contributed by atoms with Crippen molar-refractivity contribution in [2.45, 2.75) is 12.8 Å². The van der Waals surface area contributed by atoms with Gasteiger partial charge < -0.3 is 28.6 Å². The van der Waals surface area contributed by atoms with Crippen molar-refractivity contribution in [3.63, 3.8) is 0 Å². The average Bonchev–Trinajstić information content (AvgIpc) is 3.38. The quantitative estimate of drug-likeness (QED) is 0.662. The average molecular weight is 412 g/mol. The highest BCUT2D eigenvalue weighted by Gasteiger charge is 2.26. The highest BCUT2D eigenvalue weighted by atomic mass is 16.7. The zero-order chi connectivity index (χ0) is 20.9. The number of hydrogen-bond acceptors (Lipinski definition) is 6. The molecule has 2 aromatic rings. The molecular formula is C23H28N2O5. The van der Waals surface area contributed by atoms with Crippen LogP contribution in [0.25, 0.3) is 0 Å². The smallest absolute Gasteiger partial charge is 0.231 e. The molecule has 1 saturated heterocycles. The van der Waals surface area contributed by atoms with Gasteiger partial charge in [0, 0.05) is 38.5 Å². The number of benzene rings is 2. The number of likely N-dealkylation sites (tertiary alicyclic amines) is 1. The predicted molar refractivity (Wildman–Crippen MR) is 114 cm³/mol. The first kappa shape index (κ1) is 20.2. The lowest BCUT2D eigenvalue weighted by molar-refractivity contribution is 0.173. The van der Waals surface area contributed by atoms with Gasteiger partial charge in [-0.05, 0) is 36.2 Å². The van der Waals surface area contributed by atoms with Crippen LogP contribution in [0.4, 0.5) is 0 Å². The SMILES string of the molecule is COc1ccc(CCN=C2CC(COc3ccc4c(c3)OCO4)CN2C)cc1OC. The Morgan fingerprint density at radius 2 is 1.87 bits per heavy atom. The first-order valence-corrected chi connectivity index (χ1v) is 10.1. The van der Waals surface area contributed by atoms with E-state index >= 15 is 0 Å². The van der Waals surface area contributed by atoms with Crippen molar-refractivity contribution in [2.75, 3.05) is 47.8 Å². The number of nitrogens with zero attached hydrogens (tertiary/aromatic N) is 2. The van der Waals surface area contributed by atoms with Crippen molar-refractivity contribution in [1.29, 1.82) is 0 Å². The van der Waals surface area contributed by atoms with Crippen molar-refractivity contribution >= 4 is 5.84 Å². The van der Waals surface area contributed by atoms with Gasteiger partial charge in [-0.3, -0.25) is 4.99 Å². The molecule has 0 N–H and O–H groups in total. The second-order valence-electron chi connectivity index (χ2n) is 7.51. The molecule has 0 bridgehead atoms. The number of aliphatic imine (C=N–C) groups is 1. The molecule has 2 aromatic carbocycles. The van der Waals surface area contributed by atoms with Crippen LogP contribution in [0.2, 0.25) is 0 Å². The van der Waals surface area contributed by atoms with Gasteiger partial charge in [0.15, 0.2) is 23.0 Å². The molecule has 1 unspecified atom stereocenters. The van der Waals surface area contributed by atoms with Crippen molar-refractivity contribution in [3.8, 4) is 28.7 Å². The molecule has 0 aromatic heterocycles. The van der Waals surface area contributed by atoms with Crippen molar-refractivity contribution < 1.29 is 23.7 Å². The molecule has 0 amide bonds. The number of rotatable bonds is 8. The largest absolute Gasteiger partial charge is 0.493 e. The predicted octanol–water partition coefficient (Wildman–Crippen LogP) is 3.40. The molecule has 2 aliphatic rings. The topological polar surface area (TPSA) is 61.8 Å². The van der Waals surface area contributed by atoms with Crippen LogP contribution in [0, 0.1) is 5.92 Å². The van der Waals surface area contributed by atoms with E-state index in [1.807, 2.05) is 30.3 Å². The number of hydrogen-bond donors (Lipinski definition) is 0. The second kappa shape index (κ2) is 9.15. The van der Waals surface area contributed by atoms with Gasteiger partial charge in [0.25, 0.3) is 0 Å². The normalized spacial score (nSPS) is 18.7. The molecule has 0 saturated carbocycles. The van der Waals surface area contributed by atoms with Crippen LogP contribution >= 0.6 is 0 Å². The van der Waals surface area contributed by atoms with Crippen LogP contribution in [0.15, 0.2) is 41.4 Å². The van der Waals surface area contributed by atoms with E-state index < -0.39 is 0 Å². The Balaban J connectivity index is 1.28. The third-order valence-corrected chi connectivity index (χ3v) is 5.42. The number of amidine groups is 1. The van der Waals surface area contributed by atoms with Crippen LogP contribution < -0.4 is 23.7 Å². The van der Waals surface area contributed by atoms with Crippen LogP contribution in [0.1, 0.15) is 12.0 Å². The molecule has 4 rings (SSSR count). The molecule has 1 fully saturated rings. The molecule has 2 heterocycles. The van der Waals surface area contributed by atoms with Gasteiger partial charge in [-0.1, -0.05) is 6.07 Å². The Kier molecular flexibility index (Phi) is 6.16. The van der Waals surface area contributed by atoms with E-state index in [-0.39, 0.29) is 6.79 Å². The van der Waals surface area contributed by atoms with Crippen LogP contribution in [-0.2, 0) is 6.42 Å². The summed E-state index contributed by atoms with van der Waals surface area (Å²) >= 11 is 0. The molecule has 0 aliphatic carbocycles. The van der Waals surface area contributed by atoms with Crippen molar-refractivity contribution in [2.24, 2.45) is 10.9 Å². The fraction of sp³-hybridized carbons (Fsp3) is 0.435. The minimum Gasteiger partial charge on any atom is -0.493 e. The van der Waals surface area contributed by atoms with Gasteiger partial charge >= 0.3 is 0 Å². The second-order valence-corrected chi connectivity index (χ2v) is 7.51. The maximum Gasteiger partial charge on any atom is 0.231 e. The Labute approximate surface area is 177 Å². The van der Waals surface area contributed by atoms with Gasteiger partial charge in [0.2, 0.25) is 6.79 Å². The Morgan fingerprint density at radius 1 is 1.03 bits per heavy atom. The minimum absolute atomic E-state index is 0.273. The summed E-state index contributed by atoms with van der Waals surface area (Å²) in [6, 6.07) is 11.7. The highest BCUT2D eigenvalue weighted by Crippen LogP contribution is 2.35. The minimum atomic E-state index is 0.273. The van der Waals surface area contributed by atoms with E-state index in [9.17, 15) is 0 Å². The fourth-order valence-electron chi connectivity index (χ4n) is 3.80. The summed E-state index contributed by atoms with van der Waals surface area (Å²) in [5.74, 6) is 5.37. The molecule has 7 heteroatoms. The number of ether oxygens (including phenoxy) is 5. The lowest BCUT2D eigenvalue weighted by Crippen LogP contribution is -2.21. The van der Waals surface area contributed by atoms with E-state index in [0.717, 1.165) is 60.5 Å². The Bertz CT molecular complexity index is 914. The Morgan fingerprint density at radius 3 is 2.70 bits per heavy atom. The van der Waals surface area contributed by atoms with Crippen LogP contribution in [0.3, 0.4) is 0 Å². The monoisotopic (exact) mass is 412 g/mol. The van der Waals surface area contributed by atoms with Crippen molar-refractivity contribution in [3.05, 3.63) is 42.0 Å². The zero-order valence-corrected chi connectivity index (χ0v) is 17.7. The first-order chi connectivity index (χ1) is 14.7. The number of fused-ring (bicyclic) bond motifs is 1. The van der Waals surface area contributed by atoms with E-state index in [0.29, 0.717) is 12.5 Å². The highest BCUT2D eigenvalue weighted by molar-refractivity contribution is 5.84. The summed E-state index contributed by atoms with van der Waals surface area (Å²) in [5.41, 5.74) is 1.18. The van der Waals surface area contributed by atoms with Crippen molar-refractivity contribution in [1.82, 2.24) is 4.90 Å². The standard InChI is InChI=1S/C23H28N2O5/c1-25-13-17(14-28-18-5-7-20-22(12-18)30-15-29-20)11-23(25)24-9-8-16-4-6-19(26-2)21(10-16)27-3/h4-7,10,12,17H,8-9,11,13-15H2,1-3H3. The maximum absolute atomic E-state index is 5.99. The summed E-state index contributed by atoms with van der Waals surface area (Å²) < 4.78 is 27.4. The molecule has 30 heavy (non-hydrogen) atoms. The van der Waals surface area contributed by atoms with Gasteiger partial charge in [0.1, 0.15) is 5.75 Å². The summed E-state index contributed by atoms with van der Waals surface area (Å²) in [7, 11) is 5.39. The molecular weight excluding hydrogens is 384 g/mol. The van der Waals surface area contributed by atoms with Gasteiger partial charge in [-0.15, -0.1) is 0 Å². The third-order valence-electron chi connectivity index (χ3n) is 5.42. The summed E-state index contributed by atoms with van der Waals surface area (Å²) in [6.45, 7) is 2.61. The van der Waals surface area contributed by atoms with E-state index in [4.69, 9.17) is 28.7 Å². The molecule has 0 spiro atoms. The molecule has 1 atom stereocenters. The van der Waals surface area contributed by atoms with Gasteiger partial charge in [-0.2, -0.15) is 0 Å². The van der Waals surface area contributed by atoms with Gasteiger partial charge in [-0.25, -0.2) is 0 Å². The van der Waals surface area contributed by atoms with E-state index in [1.54, 1.807) is 14.2 Å².